The number of aliphatic imine (C=N–C) groups is 1. The van der Waals surface area contributed by atoms with E-state index in [1.165, 1.54) is 6.07 Å². The van der Waals surface area contributed by atoms with Gasteiger partial charge in [-0.25, -0.2) is 4.99 Å². The van der Waals surface area contributed by atoms with E-state index in [1.54, 1.807) is 0 Å². The Morgan fingerprint density at radius 3 is 2.48 bits per heavy atom. The summed E-state index contributed by atoms with van der Waals surface area (Å²) in [6.45, 7) is 3.18. The van der Waals surface area contributed by atoms with E-state index in [-0.39, 0.29) is 0 Å². The highest BCUT2D eigenvalue weighted by Gasteiger charge is 2.32. The molecular formula is C18H17F3N4. The summed E-state index contributed by atoms with van der Waals surface area (Å²) < 4.78 is 39.3. The normalized spacial score (nSPS) is 17.1. The molecule has 0 aromatic heterocycles. The number of hydrogen-bond acceptors (Lipinski definition) is 4. The van der Waals surface area contributed by atoms with Gasteiger partial charge in [0, 0.05) is 37.4 Å². The number of benzene rings is 2. The predicted molar refractivity (Wildman–Crippen MR) is 91.8 cm³/mol. The zero-order valence-corrected chi connectivity index (χ0v) is 13.4. The summed E-state index contributed by atoms with van der Waals surface area (Å²) in [5.41, 5.74) is 1.93. The van der Waals surface area contributed by atoms with Crippen LogP contribution >= 0.6 is 0 Å². The molecule has 0 atom stereocenters. The van der Waals surface area contributed by atoms with Crippen molar-refractivity contribution in [3.8, 4) is 0 Å². The molecule has 2 aliphatic rings. The standard InChI is InChI=1S/C18H17F3N4/c19-18(20,21)12-5-6-15-16(11-12)24-17(25-9-7-22-8-10-25)13-3-1-2-4-14(13)23-15/h1-6,11,22-23H,7-10H2. The van der Waals surface area contributed by atoms with E-state index in [0.717, 1.165) is 49.6 Å². The molecular weight excluding hydrogens is 329 g/mol. The molecule has 2 N–H and O–H groups in total. The van der Waals surface area contributed by atoms with Crippen molar-refractivity contribution >= 4 is 22.9 Å². The first-order chi connectivity index (χ1) is 12.0. The maximum Gasteiger partial charge on any atom is 0.416 e. The molecule has 0 amide bonds. The summed E-state index contributed by atoms with van der Waals surface area (Å²) in [5, 5.41) is 6.51. The predicted octanol–water partition coefficient (Wildman–Crippen LogP) is 3.75. The van der Waals surface area contributed by atoms with Gasteiger partial charge in [0.05, 0.1) is 16.9 Å². The Hall–Kier alpha value is -2.54. The van der Waals surface area contributed by atoms with Gasteiger partial charge in [0.1, 0.15) is 5.84 Å². The number of amidine groups is 1. The topological polar surface area (TPSA) is 39.7 Å². The number of fused-ring (bicyclic) bond motifs is 2. The summed E-state index contributed by atoms with van der Waals surface area (Å²) >= 11 is 0. The minimum absolute atomic E-state index is 0.305. The molecule has 130 valence electrons. The number of anilines is 2. The maximum absolute atomic E-state index is 13.1. The first kappa shape index (κ1) is 16.0. The molecule has 0 radical (unpaired) electrons. The van der Waals surface area contributed by atoms with E-state index in [9.17, 15) is 13.2 Å². The van der Waals surface area contributed by atoms with Crippen LogP contribution in [0.2, 0.25) is 0 Å². The minimum Gasteiger partial charge on any atom is -0.353 e. The molecule has 2 aromatic carbocycles. The van der Waals surface area contributed by atoms with Crippen LogP contribution in [0.25, 0.3) is 0 Å². The van der Waals surface area contributed by atoms with E-state index in [1.807, 2.05) is 24.3 Å². The van der Waals surface area contributed by atoms with Crippen molar-refractivity contribution < 1.29 is 13.2 Å². The Morgan fingerprint density at radius 1 is 0.960 bits per heavy atom. The van der Waals surface area contributed by atoms with Gasteiger partial charge >= 0.3 is 6.18 Å². The number of nitrogens with one attached hydrogen (secondary N) is 2. The zero-order valence-electron chi connectivity index (χ0n) is 13.4. The zero-order chi connectivity index (χ0) is 17.4. The third kappa shape index (κ3) is 3.07. The molecule has 0 bridgehead atoms. The van der Waals surface area contributed by atoms with Crippen molar-refractivity contribution in [2.45, 2.75) is 6.18 Å². The van der Waals surface area contributed by atoms with Crippen molar-refractivity contribution in [3.05, 3.63) is 53.6 Å². The van der Waals surface area contributed by atoms with Crippen LogP contribution in [-0.4, -0.2) is 36.9 Å². The summed E-state index contributed by atoms with van der Waals surface area (Å²) in [4.78, 5) is 6.75. The fourth-order valence-electron chi connectivity index (χ4n) is 3.13. The highest BCUT2D eigenvalue weighted by Crippen LogP contribution is 2.39. The van der Waals surface area contributed by atoms with Crippen LogP contribution in [0.5, 0.6) is 0 Å². The Kier molecular flexibility index (Phi) is 3.88. The first-order valence-corrected chi connectivity index (χ1v) is 8.14. The van der Waals surface area contributed by atoms with Gasteiger partial charge in [-0.05, 0) is 30.3 Å². The lowest BCUT2D eigenvalue weighted by atomic mass is 10.1. The Balaban J connectivity index is 1.86. The lowest BCUT2D eigenvalue weighted by Crippen LogP contribution is -2.46. The number of piperazine rings is 1. The second kappa shape index (κ2) is 6.07. The second-order valence-corrected chi connectivity index (χ2v) is 6.07. The fourth-order valence-corrected chi connectivity index (χ4v) is 3.13. The molecule has 0 spiro atoms. The highest BCUT2D eigenvalue weighted by molar-refractivity contribution is 6.07. The molecule has 0 saturated carbocycles. The molecule has 1 fully saturated rings. The smallest absolute Gasteiger partial charge is 0.353 e. The number of hydrogen-bond donors (Lipinski definition) is 2. The lowest BCUT2D eigenvalue weighted by Gasteiger charge is -2.30. The van der Waals surface area contributed by atoms with Gasteiger partial charge in [0.2, 0.25) is 0 Å². The van der Waals surface area contributed by atoms with Crippen LogP contribution in [0.4, 0.5) is 30.2 Å². The molecule has 0 aliphatic carbocycles. The summed E-state index contributed by atoms with van der Waals surface area (Å²) in [6, 6.07) is 11.3. The summed E-state index contributed by atoms with van der Waals surface area (Å²) in [6.07, 6.45) is -4.39. The van der Waals surface area contributed by atoms with E-state index < -0.39 is 11.7 Å². The number of rotatable bonds is 0. The fraction of sp³-hybridized carbons (Fsp3) is 0.278. The van der Waals surface area contributed by atoms with E-state index in [0.29, 0.717) is 17.2 Å². The van der Waals surface area contributed by atoms with E-state index in [2.05, 4.69) is 20.5 Å². The van der Waals surface area contributed by atoms with Gasteiger partial charge in [-0.3, -0.25) is 0 Å². The van der Waals surface area contributed by atoms with Crippen LogP contribution in [0.3, 0.4) is 0 Å². The van der Waals surface area contributed by atoms with Crippen LogP contribution in [0.1, 0.15) is 11.1 Å². The van der Waals surface area contributed by atoms with Crippen molar-refractivity contribution in [1.29, 1.82) is 0 Å². The van der Waals surface area contributed by atoms with Gasteiger partial charge < -0.3 is 15.5 Å². The van der Waals surface area contributed by atoms with Crippen LogP contribution in [-0.2, 0) is 6.18 Å². The molecule has 7 heteroatoms. The molecule has 4 rings (SSSR count). The largest absolute Gasteiger partial charge is 0.416 e. The number of alkyl halides is 3. The van der Waals surface area contributed by atoms with Crippen LogP contribution < -0.4 is 10.6 Å². The van der Waals surface area contributed by atoms with Gasteiger partial charge in [0.25, 0.3) is 0 Å². The third-order valence-electron chi connectivity index (χ3n) is 4.41. The van der Waals surface area contributed by atoms with Gasteiger partial charge in [-0.2, -0.15) is 13.2 Å². The minimum atomic E-state index is -4.39. The number of halogens is 3. The quantitative estimate of drug-likeness (QED) is 0.763. The average molecular weight is 346 g/mol. The molecule has 0 unspecified atom stereocenters. The van der Waals surface area contributed by atoms with Crippen molar-refractivity contribution in [1.82, 2.24) is 10.2 Å². The van der Waals surface area contributed by atoms with Crippen molar-refractivity contribution in [2.24, 2.45) is 4.99 Å². The Bertz CT molecular complexity index is 823. The molecule has 2 heterocycles. The molecule has 25 heavy (non-hydrogen) atoms. The second-order valence-electron chi connectivity index (χ2n) is 6.07. The average Bonchev–Trinajstić information content (AvgIpc) is 2.77. The third-order valence-corrected chi connectivity index (χ3v) is 4.41. The molecule has 4 nitrogen and oxygen atoms in total. The van der Waals surface area contributed by atoms with Crippen molar-refractivity contribution in [3.63, 3.8) is 0 Å². The monoisotopic (exact) mass is 346 g/mol. The lowest BCUT2D eigenvalue weighted by molar-refractivity contribution is -0.137. The van der Waals surface area contributed by atoms with Crippen molar-refractivity contribution in [2.75, 3.05) is 31.5 Å². The van der Waals surface area contributed by atoms with E-state index >= 15 is 0 Å². The first-order valence-electron chi connectivity index (χ1n) is 8.14. The van der Waals surface area contributed by atoms with Crippen LogP contribution in [0, 0.1) is 0 Å². The summed E-state index contributed by atoms with van der Waals surface area (Å²) in [5.74, 6) is 0.711. The highest BCUT2D eigenvalue weighted by atomic mass is 19.4. The van der Waals surface area contributed by atoms with Crippen LogP contribution in [0.15, 0.2) is 47.5 Å². The Labute approximate surface area is 143 Å². The molecule has 1 saturated heterocycles. The van der Waals surface area contributed by atoms with Gasteiger partial charge in [-0.1, -0.05) is 12.1 Å². The Morgan fingerprint density at radius 2 is 1.72 bits per heavy atom. The molecule has 2 aliphatic heterocycles. The SMILES string of the molecule is FC(F)(F)c1ccc2c(c1)N=C(N1CCNCC1)c1ccccc1N2. The van der Waals surface area contributed by atoms with E-state index in [4.69, 9.17) is 0 Å². The van der Waals surface area contributed by atoms with Gasteiger partial charge in [0.15, 0.2) is 0 Å². The maximum atomic E-state index is 13.1. The number of nitrogens with zero attached hydrogens (tertiary/aromatic N) is 2. The number of para-hydroxylation sites is 1. The summed E-state index contributed by atoms with van der Waals surface area (Å²) in [7, 11) is 0. The molecule has 2 aromatic rings. The van der Waals surface area contributed by atoms with Gasteiger partial charge in [-0.15, -0.1) is 0 Å².